The third kappa shape index (κ3) is 3.71. The van der Waals surface area contributed by atoms with Gasteiger partial charge in [0.25, 0.3) is 5.91 Å². The lowest BCUT2D eigenvalue weighted by Gasteiger charge is -2.37. The molecule has 0 unspecified atom stereocenters. The van der Waals surface area contributed by atoms with Gasteiger partial charge < -0.3 is 9.80 Å². The molecule has 2 aromatic carbocycles. The molecule has 3 nitrogen and oxygen atoms in total. The van der Waals surface area contributed by atoms with E-state index < -0.39 is 0 Å². The molecule has 126 valence electrons. The summed E-state index contributed by atoms with van der Waals surface area (Å²) < 4.78 is 0.793. The van der Waals surface area contributed by atoms with Gasteiger partial charge in [0.15, 0.2) is 0 Å². The number of benzene rings is 2. The van der Waals surface area contributed by atoms with E-state index >= 15 is 0 Å². The Kier molecular flexibility index (Phi) is 5.38. The van der Waals surface area contributed by atoms with Gasteiger partial charge in [-0.15, -0.1) is 0 Å². The third-order valence-corrected chi connectivity index (χ3v) is 5.71. The average molecular weight is 428 g/mol. The molecule has 6 heteroatoms. The SMILES string of the molecule is Cc1ccc(Cl)cc1N1CCN(C(=O)c2ccc(Br)c(Cl)c2)CC1. The molecule has 0 spiro atoms. The summed E-state index contributed by atoms with van der Waals surface area (Å²) >= 11 is 15.6. The van der Waals surface area contributed by atoms with Gasteiger partial charge in [-0.3, -0.25) is 4.79 Å². The van der Waals surface area contributed by atoms with Crippen LogP contribution in [-0.4, -0.2) is 37.0 Å². The minimum atomic E-state index is 0.0202. The van der Waals surface area contributed by atoms with E-state index in [0.717, 1.165) is 28.3 Å². The van der Waals surface area contributed by atoms with E-state index in [1.165, 1.54) is 5.56 Å². The molecule has 0 aromatic heterocycles. The fraction of sp³-hybridized carbons (Fsp3) is 0.278. The van der Waals surface area contributed by atoms with Gasteiger partial charge in [0.1, 0.15) is 0 Å². The minimum absolute atomic E-state index is 0.0202. The Balaban J connectivity index is 1.69. The normalized spacial score (nSPS) is 14.8. The first-order valence-electron chi connectivity index (χ1n) is 7.71. The molecule has 1 heterocycles. The second-order valence-electron chi connectivity index (χ2n) is 5.84. The van der Waals surface area contributed by atoms with Crippen LogP contribution in [0.3, 0.4) is 0 Å². The van der Waals surface area contributed by atoms with Crippen LogP contribution in [0.15, 0.2) is 40.9 Å². The molecule has 1 saturated heterocycles. The summed E-state index contributed by atoms with van der Waals surface area (Å²) in [4.78, 5) is 16.8. The number of nitrogens with zero attached hydrogens (tertiary/aromatic N) is 2. The van der Waals surface area contributed by atoms with Crippen LogP contribution >= 0.6 is 39.1 Å². The molecule has 0 radical (unpaired) electrons. The van der Waals surface area contributed by atoms with Crippen molar-refractivity contribution in [3.63, 3.8) is 0 Å². The lowest BCUT2D eigenvalue weighted by atomic mass is 10.1. The largest absolute Gasteiger partial charge is 0.368 e. The van der Waals surface area contributed by atoms with E-state index in [9.17, 15) is 4.79 Å². The first-order valence-corrected chi connectivity index (χ1v) is 9.26. The number of carbonyl (C=O) groups is 1. The molecule has 0 N–H and O–H groups in total. The van der Waals surface area contributed by atoms with E-state index in [0.29, 0.717) is 23.7 Å². The lowest BCUT2D eigenvalue weighted by molar-refractivity contribution is 0.0747. The number of amides is 1. The van der Waals surface area contributed by atoms with Gasteiger partial charge in [-0.1, -0.05) is 29.3 Å². The van der Waals surface area contributed by atoms with Gasteiger partial charge in [-0.05, 0) is 58.7 Å². The number of rotatable bonds is 2. The van der Waals surface area contributed by atoms with Crippen molar-refractivity contribution in [2.24, 2.45) is 0 Å². The third-order valence-electron chi connectivity index (χ3n) is 4.25. The molecular formula is C18H17BrCl2N2O. The van der Waals surface area contributed by atoms with Gasteiger partial charge in [0.05, 0.1) is 5.02 Å². The summed E-state index contributed by atoms with van der Waals surface area (Å²) in [6, 6.07) is 11.2. The maximum absolute atomic E-state index is 12.6. The Morgan fingerprint density at radius 2 is 1.75 bits per heavy atom. The zero-order valence-electron chi connectivity index (χ0n) is 13.2. The highest BCUT2D eigenvalue weighted by Gasteiger charge is 2.23. The maximum atomic E-state index is 12.6. The predicted octanol–water partition coefficient (Wildman–Crippen LogP) is 5.03. The van der Waals surface area contributed by atoms with Crippen LogP contribution in [0.2, 0.25) is 10.0 Å². The Morgan fingerprint density at radius 3 is 2.42 bits per heavy atom. The van der Waals surface area contributed by atoms with Gasteiger partial charge in [-0.2, -0.15) is 0 Å². The topological polar surface area (TPSA) is 23.6 Å². The van der Waals surface area contributed by atoms with Crippen LogP contribution < -0.4 is 4.90 Å². The molecule has 0 aliphatic carbocycles. The number of aryl methyl sites for hydroxylation is 1. The van der Waals surface area contributed by atoms with Crippen LogP contribution in [0.1, 0.15) is 15.9 Å². The average Bonchev–Trinajstić information content (AvgIpc) is 2.59. The molecule has 24 heavy (non-hydrogen) atoms. The Bertz CT molecular complexity index is 774. The highest BCUT2D eigenvalue weighted by molar-refractivity contribution is 9.10. The van der Waals surface area contributed by atoms with E-state index in [1.54, 1.807) is 18.2 Å². The number of piperazine rings is 1. The van der Waals surface area contributed by atoms with E-state index in [1.807, 2.05) is 23.1 Å². The van der Waals surface area contributed by atoms with Crippen molar-refractivity contribution >= 4 is 50.7 Å². The summed E-state index contributed by atoms with van der Waals surface area (Å²) in [5.74, 6) is 0.0202. The smallest absolute Gasteiger partial charge is 0.254 e. The highest BCUT2D eigenvalue weighted by Crippen LogP contribution is 2.27. The molecule has 0 saturated carbocycles. The first kappa shape index (κ1) is 17.6. The van der Waals surface area contributed by atoms with E-state index in [4.69, 9.17) is 23.2 Å². The van der Waals surface area contributed by atoms with Crippen LogP contribution in [0, 0.1) is 6.92 Å². The van der Waals surface area contributed by atoms with E-state index in [-0.39, 0.29) is 5.91 Å². The van der Waals surface area contributed by atoms with Crippen molar-refractivity contribution in [2.75, 3.05) is 31.1 Å². The van der Waals surface area contributed by atoms with Crippen LogP contribution in [-0.2, 0) is 0 Å². The quantitative estimate of drug-likeness (QED) is 0.671. The molecular weight excluding hydrogens is 411 g/mol. The number of halogens is 3. The molecule has 1 fully saturated rings. The Labute approximate surface area is 160 Å². The molecule has 1 aliphatic heterocycles. The molecule has 0 bridgehead atoms. The van der Waals surface area contributed by atoms with Crippen molar-refractivity contribution in [3.05, 3.63) is 62.0 Å². The van der Waals surface area contributed by atoms with Crippen molar-refractivity contribution in [3.8, 4) is 0 Å². The number of hydrogen-bond acceptors (Lipinski definition) is 2. The molecule has 1 amide bonds. The zero-order valence-corrected chi connectivity index (χ0v) is 16.3. The van der Waals surface area contributed by atoms with Crippen molar-refractivity contribution < 1.29 is 4.79 Å². The van der Waals surface area contributed by atoms with Gasteiger partial charge in [0.2, 0.25) is 0 Å². The summed E-state index contributed by atoms with van der Waals surface area (Å²) in [6.45, 7) is 5.01. The minimum Gasteiger partial charge on any atom is -0.368 e. The molecule has 3 rings (SSSR count). The zero-order chi connectivity index (χ0) is 17.3. The molecule has 1 aliphatic rings. The van der Waals surface area contributed by atoms with Gasteiger partial charge in [-0.25, -0.2) is 0 Å². The summed E-state index contributed by atoms with van der Waals surface area (Å²) in [6.07, 6.45) is 0. The van der Waals surface area contributed by atoms with Crippen molar-refractivity contribution in [2.45, 2.75) is 6.92 Å². The van der Waals surface area contributed by atoms with Crippen LogP contribution in [0.5, 0.6) is 0 Å². The second kappa shape index (κ2) is 7.34. The predicted molar refractivity (Wildman–Crippen MR) is 103 cm³/mol. The molecule has 2 aromatic rings. The lowest BCUT2D eigenvalue weighted by Crippen LogP contribution is -2.49. The summed E-state index contributed by atoms with van der Waals surface area (Å²) in [7, 11) is 0. The van der Waals surface area contributed by atoms with Crippen LogP contribution in [0.25, 0.3) is 0 Å². The Morgan fingerprint density at radius 1 is 1.04 bits per heavy atom. The van der Waals surface area contributed by atoms with Crippen LogP contribution in [0.4, 0.5) is 5.69 Å². The fourth-order valence-corrected chi connectivity index (χ4v) is 3.48. The van der Waals surface area contributed by atoms with Gasteiger partial charge >= 0.3 is 0 Å². The number of carbonyl (C=O) groups excluding carboxylic acids is 1. The van der Waals surface area contributed by atoms with Crippen molar-refractivity contribution in [1.82, 2.24) is 4.90 Å². The first-order chi connectivity index (χ1) is 11.5. The fourth-order valence-electron chi connectivity index (χ4n) is 2.89. The summed E-state index contributed by atoms with van der Waals surface area (Å²) in [5, 5.41) is 1.28. The van der Waals surface area contributed by atoms with E-state index in [2.05, 4.69) is 27.8 Å². The van der Waals surface area contributed by atoms with Gasteiger partial charge in [0, 0.05) is 46.9 Å². The van der Waals surface area contributed by atoms with Crippen molar-refractivity contribution in [1.29, 1.82) is 0 Å². The monoisotopic (exact) mass is 426 g/mol. The standard InChI is InChI=1S/C18H17BrCl2N2O/c1-12-2-4-14(20)11-17(12)22-6-8-23(9-7-22)18(24)13-3-5-15(19)16(21)10-13/h2-5,10-11H,6-9H2,1H3. The second-order valence-corrected chi connectivity index (χ2v) is 7.54. The molecule has 0 atom stereocenters. The summed E-state index contributed by atoms with van der Waals surface area (Å²) in [5.41, 5.74) is 2.95. The highest BCUT2D eigenvalue weighted by atomic mass is 79.9. The Hall–Kier alpha value is -1.23. The maximum Gasteiger partial charge on any atom is 0.254 e. The number of anilines is 1. The number of hydrogen-bond donors (Lipinski definition) is 0.